The highest BCUT2D eigenvalue weighted by Gasteiger charge is 2.17. The molecule has 0 saturated carbocycles. The lowest BCUT2D eigenvalue weighted by molar-refractivity contribution is -0.387. The molecule has 0 aliphatic heterocycles. The van der Waals surface area contributed by atoms with Gasteiger partial charge >= 0.3 is 5.69 Å². The zero-order valence-corrected chi connectivity index (χ0v) is 11.2. The highest BCUT2D eigenvalue weighted by molar-refractivity contribution is 7.89. The summed E-state index contributed by atoms with van der Waals surface area (Å²) in [5.41, 5.74) is -0.866. The van der Waals surface area contributed by atoms with Gasteiger partial charge in [0.25, 0.3) is 5.91 Å². The minimum atomic E-state index is -3.45. The number of nitro benzene ring substituents is 1. The number of nitro groups is 1. The molecule has 2 N–H and O–H groups in total. The molecule has 1 amide bonds. The van der Waals surface area contributed by atoms with Gasteiger partial charge in [0.2, 0.25) is 15.8 Å². The van der Waals surface area contributed by atoms with Crippen LogP contribution in [0.1, 0.15) is 10.4 Å². The van der Waals surface area contributed by atoms with E-state index in [0.29, 0.717) is 0 Å². The first-order chi connectivity index (χ1) is 9.26. The number of nitrogens with zero attached hydrogens (tertiary/aromatic N) is 1. The van der Waals surface area contributed by atoms with Crippen LogP contribution in [0.5, 0.6) is 0 Å². The van der Waals surface area contributed by atoms with Gasteiger partial charge in [-0.3, -0.25) is 14.9 Å². The Kier molecular flexibility index (Phi) is 5.11. The van der Waals surface area contributed by atoms with Crippen LogP contribution in [-0.2, 0) is 10.0 Å². The molecule has 0 aromatic heterocycles. The van der Waals surface area contributed by atoms with Crippen molar-refractivity contribution in [2.24, 2.45) is 0 Å². The zero-order valence-electron chi connectivity index (χ0n) is 10.4. The molecular weight excluding hydrogens is 293 g/mol. The molecule has 0 saturated heterocycles. The van der Waals surface area contributed by atoms with E-state index in [-0.39, 0.29) is 17.9 Å². The largest absolute Gasteiger partial charge is 0.351 e. The number of carbonyl (C=O) groups excluding carboxylic acids is 1. The third-order valence-electron chi connectivity index (χ3n) is 2.37. The smallest absolute Gasteiger partial charge is 0.304 e. The van der Waals surface area contributed by atoms with E-state index in [9.17, 15) is 27.7 Å². The van der Waals surface area contributed by atoms with Crippen molar-refractivity contribution in [3.8, 4) is 0 Å². The fraction of sp³-hybridized carbons (Fsp3) is 0.300. The highest BCUT2D eigenvalue weighted by Crippen LogP contribution is 2.17. The maximum absolute atomic E-state index is 13.3. The molecule has 10 heteroatoms. The van der Waals surface area contributed by atoms with Crippen LogP contribution in [0.15, 0.2) is 18.2 Å². The monoisotopic (exact) mass is 305 g/mol. The SMILES string of the molecule is CNS(=O)(=O)CCNC(=O)c1ccc([N+](=O)[O-])c(F)c1. The van der Waals surface area contributed by atoms with Gasteiger partial charge < -0.3 is 5.32 Å². The topological polar surface area (TPSA) is 118 Å². The average molecular weight is 305 g/mol. The summed E-state index contributed by atoms with van der Waals surface area (Å²) >= 11 is 0. The Labute approximate surface area is 114 Å². The van der Waals surface area contributed by atoms with Crippen molar-refractivity contribution in [1.29, 1.82) is 0 Å². The number of hydrogen-bond acceptors (Lipinski definition) is 5. The summed E-state index contributed by atoms with van der Waals surface area (Å²) in [4.78, 5) is 21.1. The van der Waals surface area contributed by atoms with Gasteiger partial charge in [-0.1, -0.05) is 0 Å². The van der Waals surface area contributed by atoms with Crippen LogP contribution < -0.4 is 10.0 Å². The average Bonchev–Trinajstić information content (AvgIpc) is 2.37. The molecule has 0 radical (unpaired) electrons. The number of amides is 1. The van der Waals surface area contributed by atoms with E-state index in [4.69, 9.17) is 0 Å². The van der Waals surface area contributed by atoms with Crippen molar-refractivity contribution in [2.45, 2.75) is 0 Å². The zero-order chi connectivity index (χ0) is 15.3. The van der Waals surface area contributed by atoms with Crippen LogP contribution in [0.4, 0.5) is 10.1 Å². The molecule has 20 heavy (non-hydrogen) atoms. The molecule has 110 valence electrons. The van der Waals surface area contributed by atoms with E-state index in [1.54, 1.807) is 0 Å². The fourth-order valence-electron chi connectivity index (χ4n) is 1.30. The highest BCUT2D eigenvalue weighted by atomic mass is 32.2. The molecule has 0 bridgehead atoms. The van der Waals surface area contributed by atoms with Crippen molar-refractivity contribution in [3.05, 3.63) is 39.7 Å². The lowest BCUT2D eigenvalue weighted by Gasteiger charge is -2.05. The van der Waals surface area contributed by atoms with Gasteiger partial charge in [-0.2, -0.15) is 4.39 Å². The van der Waals surface area contributed by atoms with Gasteiger partial charge in [-0.05, 0) is 19.2 Å². The predicted octanol–water partition coefficient (Wildman–Crippen LogP) is 0.0129. The number of sulfonamides is 1. The minimum Gasteiger partial charge on any atom is -0.351 e. The normalized spacial score (nSPS) is 11.1. The molecule has 0 aliphatic carbocycles. The van der Waals surface area contributed by atoms with Gasteiger partial charge in [0.15, 0.2) is 0 Å². The van der Waals surface area contributed by atoms with E-state index >= 15 is 0 Å². The molecule has 0 unspecified atom stereocenters. The Bertz CT molecular complexity index is 632. The second-order valence-corrected chi connectivity index (χ2v) is 5.75. The van der Waals surface area contributed by atoms with Crippen molar-refractivity contribution < 1.29 is 22.5 Å². The first-order valence-corrected chi connectivity index (χ1v) is 7.05. The lowest BCUT2D eigenvalue weighted by Crippen LogP contribution is -2.33. The summed E-state index contributed by atoms with van der Waals surface area (Å²) in [6.45, 7) is -0.166. The van der Waals surface area contributed by atoms with E-state index in [1.165, 1.54) is 7.05 Å². The molecule has 0 atom stereocenters. The van der Waals surface area contributed by atoms with Crippen LogP contribution in [0, 0.1) is 15.9 Å². The van der Waals surface area contributed by atoms with E-state index in [1.807, 2.05) is 0 Å². The third kappa shape index (κ3) is 4.24. The fourth-order valence-corrected chi connectivity index (χ4v) is 1.87. The summed E-state index contributed by atoms with van der Waals surface area (Å²) in [5.74, 6) is -2.18. The summed E-state index contributed by atoms with van der Waals surface area (Å²) < 4.78 is 37.6. The number of hydrogen-bond donors (Lipinski definition) is 2. The second-order valence-electron chi connectivity index (χ2n) is 3.70. The number of benzene rings is 1. The summed E-state index contributed by atoms with van der Waals surface area (Å²) in [5, 5.41) is 12.7. The Morgan fingerprint density at radius 1 is 1.45 bits per heavy atom. The minimum absolute atomic E-state index is 0.130. The first-order valence-electron chi connectivity index (χ1n) is 5.40. The Hall–Kier alpha value is -2.07. The first kappa shape index (κ1) is 16.0. The van der Waals surface area contributed by atoms with Crippen LogP contribution in [0.25, 0.3) is 0 Å². The maximum atomic E-state index is 13.3. The van der Waals surface area contributed by atoms with Crippen molar-refractivity contribution in [2.75, 3.05) is 19.3 Å². The summed E-state index contributed by atoms with van der Waals surface area (Å²) in [6, 6.07) is 2.68. The molecule has 0 fully saturated rings. The number of rotatable bonds is 6. The second kappa shape index (κ2) is 6.39. The third-order valence-corrected chi connectivity index (χ3v) is 3.74. The Balaban J connectivity index is 2.70. The molecular formula is C10H12FN3O5S. The van der Waals surface area contributed by atoms with Crippen LogP contribution >= 0.6 is 0 Å². The quantitative estimate of drug-likeness (QED) is 0.567. The van der Waals surface area contributed by atoms with Gasteiger partial charge in [0.1, 0.15) is 0 Å². The molecule has 0 spiro atoms. The maximum Gasteiger partial charge on any atom is 0.304 e. The number of halogens is 1. The van der Waals surface area contributed by atoms with E-state index in [0.717, 1.165) is 18.2 Å². The molecule has 8 nitrogen and oxygen atoms in total. The molecule has 1 aromatic carbocycles. The molecule has 0 aliphatic rings. The van der Waals surface area contributed by atoms with Crippen molar-refractivity contribution in [3.63, 3.8) is 0 Å². The lowest BCUT2D eigenvalue weighted by atomic mass is 10.2. The standard InChI is InChI=1S/C10H12FN3O5S/c1-12-20(18,19)5-4-13-10(15)7-2-3-9(14(16)17)8(11)6-7/h2-3,6,12H,4-5H2,1H3,(H,13,15). The van der Waals surface area contributed by atoms with Gasteiger partial charge in [0.05, 0.1) is 10.7 Å². The van der Waals surface area contributed by atoms with Gasteiger partial charge in [-0.25, -0.2) is 13.1 Å². The summed E-state index contributed by atoms with van der Waals surface area (Å²) in [7, 11) is -2.21. The van der Waals surface area contributed by atoms with E-state index < -0.39 is 32.4 Å². The predicted molar refractivity (Wildman–Crippen MR) is 68.2 cm³/mol. The number of carbonyl (C=O) groups is 1. The van der Waals surface area contributed by atoms with Gasteiger partial charge in [0, 0.05) is 18.2 Å². The van der Waals surface area contributed by atoms with Crippen LogP contribution in [0.3, 0.4) is 0 Å². The molecule has 1 aromatic rings. The Morgan fingerprint density at radius 3 is 2.60 bits per heavy atom. The van der Waals surface area contributed by atoms with Gasteiger partial charge in [-0.15, -0.1) is 0 Å². The van der Waals surface area contributed by atoms with E-state index in [2.05, 4.69) is 10.0 Å². The molecule has 0 heterocycles. The van der Waals surface area contributed by atoms with Crippen molar-refractivity contribution >= 4 is 21.6 Å². The Morgan fingerprint density at radius 2 is 2.10 bits per heavy atom. The van der Waals surface area contributed by atoms with Crippen LogP contribution in [0.2, 0.25) is 0 Å². The summed E-state index contributed by atoms with van der Waals surface area (Å²) in [6.07, 6.45) is 0. The number of nitrogens with one attached hydrogen (secondary N) is 2. The van der Waals surface area contributed by atoms with Crippen LogP contribution in [-0.4, -0.2) is 38.6 Å². The van der Waals surface area contributed by atoms with Crippen molar-refractivity contribution in [1.82, 2.24) is 10.0 Å². The molecule has 1 rings (SSSR count).